The summed E-state index contributed by atoms with van der Waals surface area (Å²) in [6.45, 7) is 2.96. The van der Waals surface area contributed by atoms with Crippen molar-refractivity contribution >= 4 is 16.7 Å². The maximum absolute atomic E-state index is 13.1. The SMILES string of the molecule is COC(=O)c1ccc(C)c(-c2ccc3c(C(C)C(F)(F)F)nncc3c2)c1. The minimum Gasteiger partial charge on any atom is -0.465 e. The van der Waals surface area contributed by atoms with Crippen molar-refractivity contribution in [3.63, 3.8) is 0 Å². The molecule has 0 fully saturated rings. The van der Waals surface area contributed by atoms with E-state index < -0.39 is 18.1 Å². The smallest absolute Gasteiger partial charge is 0.397 e. The third-order valence-corrected chi connectivity index (χ3v) is 4.56. The fourth-order valence-electron chi connectivity index (χ4n) is 2.93. The molecule has 1 heterocycles. The Morgan fingerprint density at radius 3 is 2.56 bits per heavy atom. The average Bonchev–Trinajstić information content (AvgIpc) is 2.65. The summed E-state index contributed by atoms with van der Waals surface area (Å²) in [5.74, 6) is -2.17. The molecule has 140 valence electrons. The van der Waals surface area contributed by atoms with Gasteiger partial charge >= 0.3 is 12.1 Å². The Balaban J connectivity index is 2.13. The van der Waals surface area contributed by atoms with Crippen molar-refractivity contribution in [3.05, 3.63) is 59.4 Å². The molecular weight excluding hydrogens is 357 g/mol. The molecule has 4 nitrogen and oxygen atoms in total. The highest BCUT2D eigenvalue weighted by atomic mass is 19.4. The predicted molar refractivity (Wildman–Crippen MR) is 95.5 cm³/mol. The Labute approximate surface area is 154 Å². The lowest BCUT2D eigenvalue weighted by Gasteiger charge is -2.16. The molecule has 0 aliphatic heterocycles. The van der Waals surface area contributed by atoms with Crippen molar-refractivity contribution in [3.8, 4) is 11.1 Å². The molecule has 1 unspecified atom stereocenters. The van der Waals surface area contributed by atoms with Crippen molar-refractivity contribution in [1.82, 2.24) is 10.2 Å². The van der Waals surface area contributed by atoms with E-state index in [1.807, 2.05) is 6.92 Å². The Kier molecular flexibility index (Phi) is 4.87. The number of hydrogen-bond acceptors (Lipinski definition) is 4. The van der Waals surface area contributed by atoms with Crippen LogP contribution in [0.1, 0.15) is 34.5 Å². The van der Waals surface area contributed by atoms with Crippen molar-refractivity contribution in [2.45, 2.75) is 25.9 Å². The van der Waals surface area contributed by atoms with Crippen LogP contribution in [-0.2, 0) is 4.74 Å². The average molecular weight is 374 g/mol. The van der Waals surface area contributed by atoms with Crippen LogP contribution in [0.5, 0.6) is 0 Å². The summed E-state index contributed by atoms with van der Waals surface area (Å²) >= 11 is 0. The minimum atomic E-state index is -4.40. The molecule has 0 saturated heterocycles. The molecule has 7 heteroatoms. The number of benzene rings is 2. The minimum absolute atomic E-state index is 0.105. The van der Waals surface area contributed by atoms with Gasteiger partial charge in [-0.05, 0) is 48.7 Å². The number of aryl methyl sites for hydroxylation is 1. The zero-order valence-corrected chi connectivity index (χ0v) is 15.0. The maximum atomic E-state index is 13.1. The Morgan fingerprint density at radius 2 is 1.89 bits per heavy atom. The molecule has 0 saturated carbocycles. The van der Waals surface area contributed by atoms with Crippen LogP contribution in [0.2, 0.25) is 0 Å². The molecule has 0 amide bonds. The summed E-state index contributed by atoms with van der Waals surface area (Å²) in [5.41, 5.74) is 2.78. The molecule has 0 bridgehead atoms. The van der Waals surface area contributed by atoms with E-state index in [1.165, 1.54) is 13.3 Å². The van der Waals surface area contributed by atoms with Gasteiger partial charge in [0.1, 0.15) is 0 Å². The van der Waals surface area contributed by atoms with Gasteiger partial charge in [0.25, 0.3) is 0 Å². The number of ether oxygens (including phenoxy) is 1. The second kappa shape index (κ2) is 6.98. The first-order chi connectivity index (χ1) is 12.7. The highest BCUT2D eigenvalue weighted by molar-refractivity contribution is 5.93. The van der Waals surface area contributed by atoms with Crippen molar-refractivity contribution in [2.75, 3.05) is 7.11 Å². The van der Waals surface area contributed by atoms with E-state index in [0.29, 0.717) is 16.3 Å². The predicted octanol–water partition coefficient (Wildman–Crippen LogP) is 5.06. The summed E-state index contributed by atoms with van der Waals surface area (Å²) in [7, 11) is 1.31. The van der Waals surface area contributed by atoms with Gasteiger partial charge in [-0.1, -0.05) is 18.2 Å². The number of rotatable bonds is 3. The lowest BCUT2D eigenvalue weighted by molar-refractivity contribution is -0.146. The van der Waals surface area contributed by atoms with Crippen molar-refractivity contribution < 1.29 is 22.7 Å². The van der Waals surface area contributed by atoms with Crippen molar-refractivity contribution in [1.29, 1.82) is 0 Å². The number of fused-ring (bicyclic) bond motifs is 1. The number of carbonyl (C=O) groups is 1. The summed E-state index contributed by atoms with van der Waals surface area (Å²) < 4.78 is 44.1. The molecule has 0 aliphatic carbocycles. The van der Waals surface area contributed by atoms with Gasteiger partial charge in [-0.15, -0.1) is 0 Å². The largest absolute Gasteiger partial charge is 0.465 e. The molecular formula is C20H17F3N2O2. The van der Waals surface area contributed by atoms with Crippen LogP contribution in [0, 0.1) is 6.92 Å². The van der Waals surface area contributed by atoms with E-state index in [2.05, 4.69) is 10.2 Å². The third-order valence-electron chi connectivity index (χ3n) is 4.56. The molecule has 1 aromatic heterocycles. The monoisotopic (exact) mass is 374 g/mol. The third kappa shape index (κ3) is 3.63. The van der Waals surface area contributed by atoms with Gasteiger partial charge in [-0.25, -0.2) is 4.79 Å². The van der Waals surface area contributed by atoms with Crippen LogP contribution in [0.4, 0.5) is 13.2 Å². The van der Waals surface area contributed by atoms with E-state index in [-0.39, 0.29) is 5.69 Å². The number of methoxy groups -OCH3 is 1. The number of esters is 1. The summed E-state index contributed by atoms with van der Waals surface area (Å²) in [6, 6.07) is 10.3. The second-order valence-electron chi connectivity index (χ2n) is 6.32. The summed E-state index contributed by atoms with van der Waals surface area (Å²) in [4.78, 5) is 11.8. The number of carbonyl (C=O) groups excluding carboxylic acids is 1. The quantitative estimate of drug-likeness (QED) is 0.602. The highest BCUT2D eigenvalue weighted by Crippen LogP contribution is 2.37. The Hall–Kier alpha value is -2.96. The highest BCUT2D eigenvalue weighted by Gasteiger charge is 2.39. The number of alkyl halides is 3. The van der Waals surface area contributed by atoms with Crippen LogP contribution >= 0.6 is 0 Å². The van der Waals surface area contributed by atoms with E-state index in [4.69, 9.17) is 4.74 Å². The fraction of sp³-hybridized carbons (Fsp3) is 0.250. The molecule has 0 spiro atoms. The van der Waals surface area contributed by atoms with Crippen LogP contribution in [0.15, 0.2) is 42.6 Å². The number of aromatic nitrogens is 2. The van der Waals surface area contributed by atoms with E-state index in [1.54, 1.807) is 36.4 Å². The fourth-order valence-corrected chi connectivity index (χ4v) is 2.93. The van der Waals surface area contributed by atoms with Gasteiger partial charge in [0.15, 0.2) is 0 Å². The Morgan fingerprint density at radius 1 is 1.15 bits per heavy atom. The van der Waals surface area contributed by atoms with Gasteiger partial charge in [0, 0.05) is 10.8 Å². The van der Waals surface area contributed by atoms with Crippen LogP contribution < -0.4 is 0 Å². The first kappa shape index (κ1) is 18.8. The first-order valence-electron chi connectivity index (χ1n) is 8.23. The number of nitrogens with zero attached hydrogens (tertiary/aromatic N) is 2. The Bertz CT molecular complexity index is 1020. The molecule has 2 aromatic carbocycles. The van der Waals surface area contributed by atoms with E-state index in [9.17, 15) is 18.0 Å². The van der Waals surface area contributed by atoms with Gasteiger partial charge < -0.3 is 4.74 Å². The molecule has 0 radical (unpaired) electrons. The van der Waals surface area contributed by atoms with Gasteiger partial charge in [0.2, 0.25) is 0 Å². The maximum Gasteiger partial charge on any atom is 0.397 e. The zero-order valence-electron chi connectivity index (χ0n) is 15.0. The van der Waals surface area contributed by atoms with Gasteiger partial charge in [-0.2, -0.15) is 23.4 Å². The molecule has 1 atom stereocenters. The van der Waals surface area contributed by atoms with Crippen LogP contribution in [-0.4, -0.2) is 29.5 Å². The second-order valence-corrected chi connectivity index (χ2v) is 6.32. The standard InChI is InChI=1S/C20H17F3N2O2/c1-11-4-5-14(19(26)27-3)9-17(11)13-6-7-16-15(8-13)10-24-25-18(16)12(2)20(21,22)23/h4-10,12H,1-3H3. The number of halogens is 3. The van der Waals surface area contributed by atoms with Crippen molar-refractivity contribution in [2.24, 2.45) is 0 Å². The van der Waals surface area contributed by atoms with Gasteiger partial charge in [0.05, 0.1) is 30.5 Å². The lowest BCUT2D eigenvalue weighted by Crippen LogP contribution is -2.19. The molecule has 0 N–H and O–H groups in total. The topological polar surface area (TPSA) is 52.1 Å². The lowest BCUT2D eigenvalue weighted by atomic mass is 9.94. The van der Waals surface area contributed by atoms with Gasteiger partial charge in [-0.3, -0.25) is 0 Å². The van der Waals surface area contributed by atoms with Crippen LogP contribution in [0.3, 0.4) is 0 Å². The summed E-state index contributed by atoms with van der Waals surface area (Å²) in [6.07, 6.45) is -2.96. The normalized spacial score (nSPS) is 12.8. The number of hydrogen-bond donors (Lipinski definition) is 0. The molecule has 3 aromatic rings. The van der Waals surface area contributed by atoms with E-state index in [0.717, 1.165) is 23.6 Å². The first-order valence-corrected chi connectivity index (χ1v) is 8.23. The van der Waals surface area contributed by atoms with E-state index >= 15 is 0 Å². The summed E-state index contributed by atoms with van der Waals surface area (Å²) in [5, 5.41) is 8.41. The molecule has 27 heavy (non-hydrogen) atoms. The zero-order chi connectivity index (χ0) is 19.8. The molecule has 0 aliphatic rings. The van der Waals surface area contributed by atoms with Crippen LogP contribution in [0.25, 0.3) is 21.9 Å². The molecule has 3 rings (SSSR count).